The molecule has 3 rings (SSSR count). The first kappa shape index (κ1) is 21.4. The minimum Gasteiger partial charge on any atom is -0.368 e. The van der Waals surface area contributed by atoms with Gasteiger partial charge in [0.05, 0.1) is 5.56 Å². The summed E-state index contributed by atoms with van der Waals surface area (Å²) in [7, 11) is 0. The van der Waals surface area contributed by atoms with E-state index in [1.165, 1.54) is 6.92 Å². The zero-order valence-electron chi connectivity index (χ0n) is 16.3. The number of halogens is 3. The van der Waals surface area contributed by atoms with E-state index in [0.717, 1.165) is 17.8 Å². The largest absolute Gasteiger partial charge is 0.417 e. The second kappa shape index (κ2) is 9.02. The summed E-state index contributed by atoms with van der Waals surface area (Å²) < 4.78 is 37.7. The topological polar surface area (TPSA) is 77.6 Å². The molecule has 0 spiro atoms. The summed E-state index contributed by atoms with van der Waals surface area (Å²) in [4.78, 5) is 32.1. The number of rotatable bonds is 4. The Balaban J connectivity index is 1.47. The molecule has 1 unspecified atom stereocenters. The van der Waals surface area contributed by atoms with Gasteiger partial charge in [-0.2, -0.15) is 13.2 Å². The molecule has 30 heavy (non-hydrogen) atoms. The van der Waals surface area contributed by atoms with Crippen molar-refractivity contribution in [1.82, 2.24) is 15.2 Å². The van der Waals surface area contributed by atoms with E-state index in [0.29, 0.717) is 32.4 Å². The van der Waals surface area contributed by atoms with Crippen LogP contribution >= 0.6 is 0 Å². The Kier molecular flexibility index (Phi) is 6.43. The molecule has 0 radical (unpaired) electrons. The summed E-state index contributed by atoms with van der Waals surface area (Å²) in [5, 5.41) is 5.01. The Morgan fingerprint density at radius 2 is 1.70 bits per heavy atom. The van der Waals surface area contributed by atoms with Crippen molar-refractivity contribution in [2.75, 3.05) is 36.4 Å². The number of nitrogens with zero attached hydrogens (tertiary/aromatic N) is 3. The summed E-state index contributed by atoms with van der Waals surface area (Å²) in [5.74, 6) is -0.593. The predicted molar refractivity (Wildman–Crippen MR) is 106 cm³/mol. The number of carbonyl (C=O) groups is 2. The Labute approximate surface area is 171 Å². The highest BCUT2D eigenvalue weighted by Gasteiger charge is 2.31. The smallest absolute Gasteiger partial charge is 0.368 e. The average Bonchev–Trinajstić information content (AvgIpc) is 2.74. The molecule has 160 valence electrons. The molecule has 0 aliphatic carbocycles. The van der Waals surface area contributed by atoms with Crippen molar-refractivity contribution in [3.63, 3.8) is 0 Å². The Hall–Kier alpha value is -3.30. The number of para-hydroxylation sites is 1. The molecule has 10 heteroatoms. The highest BCUT2D eigenvalue weighted by Crippen LogP contribution is 2.28. The number of hydrogen-bond acceptors (Lipinski definition) is 4. The molecular weight excluding hydrogens is 399 g/mol. The third kappa shape index (κ3) is 5.40. The first-order chi connectivity index (χ1) is 14.2. The quantitative estimate of drug-likeness (QED) is 0.796. The van der Waals surface area contributed by atoms with E-state index in [2.05, 4.69) is 20.5 Å². The van der Waals surface area contributed by atoms with Crippen LogP contribution in [0.15, 0.2) is 48.7 Å². The van der Waals surface area contributed by atoms with Crippen LogP contribution in [0.25, 0.3) is 0 Å². The lowest BCUT2D eigenvalue weighted by Gasteiger charge is -2.36. The van der Waals surface area contributed by atoms with Gasteiger partial charge >= 0.3 is 12.2 Å². The van der Waals surface area contributed by atoms with Crippen molar-refractivity contribution in [1.29, 1.82) is 0 Å². The minimum absolute atomic E-state index is 0.0226. The van der Waals surface area contributed by atoms with Crippen LogP contribution in [-0.4, -0.2) is 54.0 Å². The third-order valence-corrected chi connectivity index (χ3v) is 4.76. The van der Waals surface area contributed by atoms with Crippen LogP contribution in [0.4, 0.5) is 29.5 Å². The standard InChI is InChI=1S/C20H22F3N5O2/c1-14(18(29)26-17-8-7-15(13-24-17)20(21,22)23)25-19(30)28-11-9-27(10-12-28)16-5-3-2-4-6-16/h2-8,13-14H,9-12H2,1H3,(H,25,30)(H,24,26,29). The van der Waals surface area contributed by atoms with Gasteiger partial charge in [0, 0.05) is 38.1 Å². The number of benzene rings is 1. The van der Waals surface area contributed by atoms with Crippen molar-refractivity contribution >= 4 is 23.4 Å². The van der Waals surface area contributed by atoms with Crippen LogP contribution in [0.5, 0.6) is 0 Å². The molecule has 1 atom stereocenters. The fraction of sp³-hybridized carbons (Fsp3) is 0.350. The van der Waals surface area contributed by atoms with Crippen LogP contribution in [0.2, 0.25) is 0 Å². The normalized spacial score (nSPS) is 15.5. The Morgan fingerprint density at radius 1 is 1.03 bits per heavy atom. The summed E-state index contributed by atoms with van der Waals surface area (Å²) >= 11 is 0. The van der Waals surface area contributed by atoms with Gasteiger partial charge in [0.2, 0.25) is 5.91 Å². The molecule has 2 N–H and O–H groups in total. The van der Waals surface area contributed by atoms with Gasteiger partial charge in [-0.25, -0.2) is 9.78 Å². The Morgan fingerprint density at radius 3 is 2.27 bits per heavy atom. The van der Waals surface area contributed by atoms with E-state index < -0.39 is 23.7 Å². The number of aromatic nitrogens is 1. The number of alkyl halides is 3. The number of nitrogens with one attached hydrogen (secondary N) is 2. The van der Waals surface area contributed by atoms with Crippen molar-refractivity contribution < 1.29 is 22.8 Å². The molecular formula is C20H22F3N5O2. The highest BCUT2D eigenvalue weighted by atomic mass is 19.4. The molecule has 1 aliphatic rings. The van der Waals surface area contributed by atoms with Crippen LogP contribution in [0, 0.1) is 0 Å². The molecule has 1 saturated heterocycles. The van der Waals surface area contributed by atoms with Gasteiger partial charge in [-0.1, -0.05) is 18.2 Å². The number of piperazine rings is 1. The van der Waals surface area contributed by atoms with E-state index in [1.54, 1.807) is 4.90 Å². The molecule has 1 fully saturated rings. The highest BCUT2D eigenvalue weighted by molar-refractivity contribution is 5.96. The molecule has 1 aromatic carbocycles. The maximum Gasteiger partial charge on any atom is 0.417 e. The number of carbonyl (C=O) groups excluding carboxylic acids is 2. The van der Waals surface area contributed by atoms with Crippen LogP contribution in [0.1, 0.15) is 12.5 Å². The van der Waals surface area contributed by atoms with Crippen LogP contribution in [0.3, 0.4) is 0 Å². The van der Waals surface area contributed by atoms with Gasteiger partial charge in [0.25, 0.3) is 0 Å². The van der Waals surface area contributed by atoms with Gasteiger partial charge in [0.15, 0.2) is 0 Å². The number of anilines is 2. The number of hydrogen-bond donors (Lipinski definition) is 2. The van der Waals surface area contributed by atoms with Crippen molar-refractivity contribution in [3.8, 4) is 0 Å². The predicted octanol–water partition coefficient (Wildman–Crippen LogP) is 2.96. The second-order valence-corrected chi connectivity index (χ2v) is 6.90. The van der Waals surface area contributed by atoms with Gasteiger partial charge in [-0.3, -0.25) is 4.79 Å². The molecule has 7 nitrogen and oxygen atoms in total. The average molecular weight is 421 g/mol. The third-order valence-electron chi connectivity index (χ3n) is 4.76. The van der Waals surface area contributed by atoms with Crippen molar-refractivity contribution in [3.05, 3.63) is 54.2 Å². The first-order valence-corrected chi connectivity index (χ1v) is 9.43. The van der Waals surface area contributed by atoms with Crippen LogP contribution in [-0.2, 0) is 11.0 Å². The lowest BCUT2D eigenvalue weighted by Crippen LogP contribution is -2.54. The van der Waals surface area contributed by atoms with Gasteiger partial charge in [-0.05, 0) is 31.2 Å². The monoisotopic (exact) mass is 421 g/mol. The van der Waals surface area contributed by atoms with Crippen molar-refractivity contribution in [2.24, 2.45) is 0 Å². The lowest BCUT2D eigenvalue weighted by molar-refractivity contribution is -0.137. The zero-order valence-corrected chi connectivity index (χ0v) is 16.3. The maximum absolute atomic E-state index is 12.6. The summed E-state index contributed by atoms with van der Waals surface area (Å²) in [6, 6.07) is 10.5. The molecule has 3 amide bonds. The molecule has 2 aromatic rings. The summed E-state index contributed by atoms with van der Waals surface area (Å²) in [5.41, 5.74) is 0.186. The minimum atomic E-state index is -4.50. The summed E-state index contributed by atoms with van der Waals surface area (Å²) in [6.45, 7) is 3.86. The fourth-order valence-corrected chi connectivity index (χ4v) is 3.02. The van der Waals surface area contributed by atoms with E-state index in [4.69, 9.17) is 0 Å². The molecule has 1 aliphatic heterocycles. The molecule has 2 heterocycles. The second-order valence-electron chi connectivity index (χ2n) is 6.90. The van der Waals surface area contributed by atoms with Gasteiger partial charge in [0.1, 0.15) is 11.9 Å². The van der Waals surface area contributed by atoms with E-state index >= 15 is 0 Å². The SMILES string of the molecule is CC(NC(=O)N1CCN(c2ccccc2)CC1)C(=O)Nc1ccc(C(F)(F)F)cn1. The van der Waals surface area contributed by atoms with E-state index in [-0.39, 0.29) is 11.8 Å². The fourth-order valence-electron chi connectivity index (χ4n) is 3.02. The first-order valence-electron chi connectivity index (χ1n) is 9.43. The van der Waals surface area contributed by atoms with E-state index in [9.17, 15) is 22.8 Å². The molecule has 1 aromatic heterocycles. The molecule has 0 saturated carbocycles. The number of pyridine rings is 1. The number of urea groups is 1. The number of amides is 3. The lowest BCUT2D eigenvalue weighted by atomic mass is 10.2. The summed E-state index contributed by atoms with van der Waals surface area (Å²) in [6.07, 6.45) is -3.85. The maximum atomic E-state index is 12.6. The van der Waals surface area contributed by atoms with Crippen LogP contribution < -0.4 is 15.5 Å². The van der Waals surface area contributed by atoms with E-state index in [1.807, 2.05) is 30.3 Å². The zero-order chi connectivity index (χ0) is 21.7. The van der Waals surface area contributed by atoms with Gasteiger partial charge < -0.3 is 20.4 Å². The van der Waals surface area contributed by atoms with Crippen molar-refractivity contribution in [2.45, 2.75) is 19.1 Å². The van der Waals surface area contributed by atoms with Gasteiger partial charge in [-0.15, -0.1) is 0 Å². The Bertz CT molecular complexity index is 866. The molecule has 0 bridgehead atoms.